The minimum atomic E-state index is -0.964. The molecule has 3 heteroatoms. The molecule has 1 N–H and O–H groups in total. The Morgan fingerprint density at radius 3 is 2.58 bits per heavy atom. The van der Waals surface area contributed by atoms with Gasteiger partial charge in [-0.25, -0.2) is 9.18 Å². The second kappa shape index (κ2) is 5.48. The lowest BCUT2D eigenvalue weighted by molar-refractivity contribution is -0.132. The molecule has 2 rings (SSSR count). The fraction of sp³-hybridized carbons (Fsp3) is 0.0625. The summed E-state index contributed by atoms with van der Waals surface area (Å²) >= 11 is 0. The van der Waals surface area contributed by atoms with Crippen LogP contribution >= 0.6 is 0 Å². The van der Waals surface area contributed by atoms with E-state index < -0.39 is 5.97 Å². The number of carbonyl (C=O) groups is 1. The molecule has 0 aliphatic heterocycles. The normalized spacial score (nSPS) is 11.4. The van der Waals surface area contributed by atoms with E-state index in [0.717, 1.165) is 16.7 Å². The van der Waals surface area contributed by atoms with Crippen LogP contribution in [0, 0.1) is 5.82 Å². The van der Waals surface area contributed by atoms with Crippen molar-refractivity contribution in [2.75, 3.05) is 0 Å². The van der Waals surface area contributed by atoms with Crippen molar-refractivity contribution in [2.24, 2.45) is 0 Å². The average molecular weight is 256 g/mol. The third-order valence-electron chi connectivity index (χ3n) is 2.81. The van der Waals surface area contributed by atoms with Crippen LogP contribution in [0.25, 0.3) is 17.2 Å². The van der Waals surface area contributed by atoms with Crippen LogP contribution in [0.15, 0.2) is 54.1 Å². The molecule has 2 aromatic rings. The second-order valence-corrected chi connectivity index (χ2v) is 4.23. The Morgan fingerprint density at radius 1 is 1.16 bits per heavy atom. The number of carboxylic acids is 1. The van der Waals surface area contributed by atoms with Gasteiger partial charge in [0.1, 0.15) is 5.82 Å². The number of rotatable bonds is 3. The van der Waals surface area contributed by atoms with E-state index in [-0.39, 0.29) is 11.4 Å². The first-order valence-electron chi connectivity index (χ1n) is 5.84. The van der Waals surface area contributed by atoms with Gasteiger partial charge in [-0.3, -0.25) is 0 Å². The van der Waals surface area contributed by atoms with Gasteiger partial charge < -0.3 is 5.11 Å². The highest BCUT2D eigenvalue weighted by Crippen LogP contribution is 2.26. The van der Waals surface area contributed by atoms with E-state index >= 15 is 0 Å². The monoisotopic (exact) mass is 256 g/mol. The summed E-state index contributed by atoms with van der Waals surface area (Å²) in [6.07, 6.45) is 1.59. The first kappa shape index (κ1) is 13.0. The van der Waals surface area contributed by atoms with Crippen LogP contribution in [0.3, 0.4) is 0 Å². The van der Waals surface area contributed by atoms with Gasteiger partial charge in [-0.05, 0) is 41.8 Å². The molecular weight excluding hydrogens is 243 g/mol. The average Bonchev–Trinajstić information content (AvgIpc) is 2.39. The van der Waals surface area contributed by atoms with Crippen molar-refractivity contribution < 1.29 is 14.3 Å². The topological polar surface area (TPSA) is 37.3 Å². The molecule has 0 saturated carbocycles. The van der Waals surface area contributed by atoms with Gasteiger partial charge in [0.15, 0.2) is 0 Å². The van der Waals surface area contributed by atoms with Gasteiger partial charge in [0.05, 0.1) is 0 Å². The van der Waals surface area contributed by atoms with Crippen LogP contribution in [0.2, 0.25) is 0 Å². The van der Waals surface area contributed by atoms with Crippen molar-refractivity contribution in [3.05, 3.63) is 65.5 Å². The number of hydrogen-bond acceptors (Lipinski definition) is 1. The Hall–Kier alpha value is -2.42. The third kappa shape index (κ3) is 3.07. The van der Waals surface area contributed by atoms with Gasteiger partial charge >= 0.3 is 5.97 Å². The molecule has 0 aliphatic rings. The Morgan fingerprint density at radius 2 is 1.89 bits per heavy atom. The fourth-order valence-electron chi connectivity index (χ4n) is 1.84. The maximum atomic E-state index is 13.3. The summed E-state index contributed by atoms with van der Waals surface area (Å²) in [6.45, 7) is 1.53. The van der Waals surface area contributed by atoms with E-state index in [2.05, 4.69) is 0 Å². The second-order valence-electron chi connectivity index (χ2n) is 4.23. The third-order valence-corrected chi connectivity index (χ3v) is 2.81. The van der Waals surface area contributed by atoms with Crippen molar-refractivity contribution in [1.82, 2.24) is 0 Å². The summed E-state index contributed by atoms with van der Waals surface area (Å²) in [7, 11) is 0. The van der Waals surface area contributed by atoms with Gasteiger partial charge in [-0.2, -0.15) is 0 Å². The minimum absolute atomic E-state index is 0.240. The van der Waals surface area contributed by atoms with Gasteiger partial charge in [0.25, 0.3) is 0 Å². The zero-order valence-electron chi connectivity index (χ0n) is 10.4. The van der Waals surface area contributed by atoms with Crippen LogP contribution in [-0.4, -0.2) is 11.1 Å². The molecule has 0 amide bonds. The van der Waals surface area contributed by atoms with Crippen LogP contribution in [-0.2, 0) is 4.79 Å². The molecule has 0 spiro atoms. The number of halogens is 1. The summed E-state index contributed by atoms with van der Waals surface area (Å²) in [6, 6.07) is 13.6. The number of aliphatic carboxylic acids is 1. The lowest BCUT2D eigenvalue weighted by atomic mass is 9.98. The fourth-order valence-corrected chi connectivity index (χ4v) is 1.84. The van der Waals surface area contributed by atoms with Crippen molar-refractivity contribution in [1.29, 1.82) is 0 Å². The van der Waals surface area contributed by atoms with Crippen molar-refractivity contribution in [2.45, 2.75) is 6.92 Å². The molecule has 2 aromatic carbocycles. The molecule has 0 saturated heterocycles. The molecule has 19 heavy (non-hydrogen) atoms. The molecule has 0 radical (unpaired) electrons. The Kier molecular flexibility index (Phi) is 3.76. The molecule has 0 fully saturated rings. The van der Waals surface area contributed by atoms with Gasteiger partial charge in [-0.1, -0.05) is 36.4 Å². The van der Waals surface area contributed by atoms with Gasteiger partial charge in [-0.15, -0.1) is 0 Å². The van der Waals surface area contributed by atoms with Gasteiger partial charge in [0.2, 0.25) is 0 Å². The zero-order chi connectivity index (χ0) is 13.8. The molecule has 0 aromatic heterocycles. The van der Waals surface area contributed by atoms with E-state index in [4.69, 9.17) is 5.11 Å². The minimum Gasteiger partial charge on any atom is -0.478 e. The Labute approximate surface area is 110 Å². The van der Waals surface area contributed by atoms with Crippen LogP contribution in [0.4, 0.5) is 4.39 Å². The lowest BCUT2D eigenvalue weighted by Crippen LogP contribution is -1.96. The standard InChI is InChI=1S/C16H13FO2/c1-11(16(18)19)9-12-5-2-3-8-15(12)13-6-4-7-14(17)10-13/h2-10H,1H3,(H,18,19)/b11-9+. The molecule has 2 nitrogen and oxygen atoms in total. The molecule has 0 atom stereocenters. The van der Waals surface area contributed by atoms with E-state index in [0.29, 0.717) is 0 Å². The summed E-state index contributed by atoms with van der Waals surface area (Å²) < 4.78 is 13.3. The largest absolute Gasteiger partial charge is 0.478 e. The van der Waals surface area contributed by atoms with E-state index in [1.165, 1.54) is 19.1 Å². The van der Waals surface area contributed by atoms with Gasteiger partial charge in [0, 0.05) is 5.57 Å². The maximum absolute atomic E-state index is 13.3. The summed E-state index contributed by atoms with van der Waals surface area (Å²) in [5.74, 6) is -1.28. The van der Waals surface area contributed by atoms with E-state index in [9.17, 15) is 9.18 Å². The van der Waals surface area contributed by atoms with Crippen molar-refractivity contribution in [3.8, 4) is 11.1 Å². The van der Waals surface area contributed by atoms with E-state index in [1.807, 2.05) is 24.3 Å². The highest BCUT2D eigenvalue weighted by Gasteiger charge is 2.06. The number of benzene rings is 2. The Bertz CT molecular complexity index is 645. The highest BCUT2D eigenvalue weighted by atomic mass is 19.1. The lowest BCUT2D eigenvalue weighted by Gasteiger charge is -2.07. The summed E-state index contributed by atoms with van der Waals surface area (Å²) in [5, 5.41) is 8.92. The first-order valence-corrected chi connectivity index (χ1v) is 5.84. The van der Waals surface area contributed by atoms with Crippen molar-refractivity contribution in [3.63, 3.8) is 0 Å². The highest BCUT2D eigenvalue weighted by molar-refractivity contribution is 5.93. The van der Waals surface area contributed by atoms with Crippen LogP contribution in [0.5, 0.6) is 0 Å². The predicted octanol–water partition coefficient (Wildman–Crippen LogP) is 3.98. The van der Waals surface area contributed by atoms with Crippen LogP contribution in [0.1, 0.15) is 12.5 Å². The number of carboxylic acid groups (broad SMARTS) is 1. The quantitative estimate of drug-likeness (QED) is 0.843. The SMILES string of the molecule is C/C(=C\c1ccccc1-c1cccc(F)c1)C(=O)O. The van der Waals surface area contributed by atoms with E-state index in [1.54, 1.807) is 18.2 Å². The predicted molar refractivity (Wildman–Crippen MR) is 73.1 cm³/mol. The molecule has 0 bridgehead atoms. The number of hydrogen-bond donors (Lipinski definition) is 1. The van der Waals surface area contributed by atoms with Crippen LogP contribution < -0.4 is 0 Å². The molecular formula is C16H13FO2. The summed E-state index contributed by atoms with van der Waals surface area (Å²) in [4.78, 5) is 10.9. The maximum Gasteiger partial charge on any atom is 0.331 e. The zero-order valence-corrected chi connectivity index (χ0v) is 10.4. The molecule has 0 aliphatic carbocycles. The van der Waals surface area contributed by atoms with Crippen molar-refractivity contribution >= 4 is 12.0 Å². The molecule has 0 unspecified atom stereocenters. The molecule has 96 valence electrons. The Balaban J connectivity index is 2.53. The first-order chi connectivity index (χ1) is 9.08. The summed E-state index contributed by atoms with van der Waals surface area (Å²) in [5.41, 5.74) is 2.53. The smallest absolute Gasteiger partial charge is 0.331 e. The molecule has 0 heterocycles.